The summed E-state index contributed by atoms with van der Waals surface area (Å²) in [5, 5.41) is 94.4. The van der Waals surface area contributed by atoms with Crippen LogP contribution in [0.5, 0.6) is 0 Å². The van der Waals surface area contributed by atoms with Crippen LogP contribution in [0.4, 0.5) is 0 Å². The Balaban J connectivity index is 0.917. The molecule has 4 saturated carbocycles. The second kappa shape index (κ2) is 18.3. The molecule has 17 nitrogen and oxygen atoms in total. The van der Waals surface area contributed by atoms with Crippen LogP contribution in [-0.2, 0) is 38.0 Å². The van der Waals surface area contributed by atoms with E-state index in [4.69, 9.17) is 33.2 Å². The Labute approximate surface area is 364 Å². The number of hydrogen-bond acceptors (Lipinski definition) is 17. The van der Waals surface area contributed by atoms with Gasteiger partial charge in [0, 0.05) is 18.3 Å². The van der Waals surface area contributed by atoms with Gasteiger partial charge in [-0.25, -0.2) is 0 Å². The zero-order valence-corrected chi connectivity index (χ0v) is 37.0. The maximum atomic E-state index is 14.4. The lowest BCUT2D eigenvalue weighted by atomic mass is 9.44. The number of carbonyl (C=O) groups excluding carboxylic acids is 1. The van der Waals surface area contributed by atoms with Crippen LogP contribution < -0.4 is 0 Å². The SMILES string of the molecule is C[C@H]([C@@H]1CC[C@@H](C)[C@@H](O[C@@H]2O[C@H](C)[C@H](O)[C@H](O)[C@@H]2O)O1)[C@H]1CC[C@H]2[C@@H]3CC(=O)[C@H]4C[C@@H](O[C@H]5O[C@H](CO)[C@H](O)[C@H](O)[C@H]5O[C@@H]5O[C@@H](C)[C@H](O)[C@H](O)[C@H]5O)CC[C@]4(C)[C@H]3CC[C@]12C. The molecule has 27 atom stereocenters. The van der Waals surface area contributed by atoms with Crippen molar-refractivity contribution in [2.45, 2.75) is 216 Å². The molecule has 8 aliphatic rings. The van der Waals surface area contributed by atoms with Crippen LogP contribution in [0.15, 0.2) is 0 Å². The number of carbonyl (C=O) groups is 1. The van der Waals surface area contributed by atoms with Crippen molar-refractivity contribution in [3.63, 3.8) is 0 Å². The summed E-state index contributed by atoms with van der Waals surface area (Å²) in [6.07, 6.45) is -13.0. The van der Waals surface area contributed by atoms with E-state index in [2.05, 4.69) is 27.7 Å². The molecule has 0 amide bonds. The van der Waals surface area contributed by atoms with E-state index >= 15 is 0 Å². The first kappa shape index (κ1) is 47.5. The summed E-state index contributed by atoms with van der Waals surface area (Å²) in [4.78, 5) is 14.4. The first-order valence-corrected chi connectivity index (χ1v) is 23.4. The summed E-state index contributed by atoms with van der Waals surface area (Å²) in [6, 6.07) is 0. The molecule has 0 aromatic carbocycles. The molecule has 62 heavy (non-hydrogen) atoms. The molecule has 0 unspecified atom stereocenters. The van der Waals surface area contributed by atoms with Crippen molar-refractivity contribution in [3.05, 3.63) is 0 Å². The van der Waals surface area contributed by atoms with Crippen LogP contribution in [0.25, 0.3) is 0 Å². The fourth-order valence-corrected chi connectivity index (χ4v) is 13.8. The minimum atomic E-state index is -1.67. The van der Waals surface area contributed by atoms with E-state index in [0.29, 0.717) is 37.0 Å². The van der Waals surface area contributed by atoms with E-state index in [1.165, 1.54) is 6.92 Å². The first-order chi connectivity index (χ1) is 29.3. The van der Waals surface area contributed by atoms with Gasteiger partial charge in [-0.1, -0.05) is 27.7 Å². The highest BCUT2D eigenvalue weighted by Crippen LogP contribution is 2.68. The van der Waals surface area contributed by atoms with Gasteiger partial charge in [0.15, 0.2) is 25.2 Å². The maximum absolute atomic E-state index is 14.4. The van der Waals surface area contributed by atoms with Crippen molar-refractivity contribution in [1.29, 1.82) is 0 Å². The van der Waals surface area contributed by atoms with E-state index < -0.39 is 111 Å². The summed E-state index contributed by atoms with van der Waals surface area (Å²) in [5.74, 6) is 1.60. The molecule has 0 aromatic heterocycles. The lowest BCUT2D eigenvalue weighted by molar-refractivity contribution is -0.370. The highest BCUT2D eigenvalue weighted by Gasteiger charge is 2.64. The first-order valence-electron chi connectivity index (χ1n) is 23.4. The predicted octanol–water partition coefficient (Wildman–Crippen LogP) is 0.483. The topological polar surface area (TPSA) is 264 Å². The van der Waals surface area contributed by atoms with E-state index in [-0.39, 0.29) is 46.4 Å². The van der Waals surface area contributed by atoms with Crippen LogP contribution >= 0.6 is 0 Å². The van der Waals surface area contributed by atoms with Gasteiger partial charge in [0.2, 0.25) is 0 Å². The number of ketones is 1. The number of hydrogen-bond donors (Lipinski definition) is 9. The van der Waals surface area contributed by atoms with Gasteiger partial charge in [0.25, 0.3) is 0 Å². The summed E-state index contributed by atoms with van der Waals surface area (Å²) < 4.78 is 42.7. The molecule has 0 aromatic rings. The average molecular weight is 887 g/mol. The molecule has 0 spiro atoms. The van der Waals surface area contributed by atoms with Gasteiger partial charge in [-0.3, -0.25) is 4.79 Å². The largest absolute Gasteiger partial charge is 0.394 e. The fraction of sp³-hybridized carbons (Fsp3) is 0.978. The number of rotatable bonds is 9. The molecule has 4 heterocycles. The van der Waals surface area contributed by atoms with E-state index in [1.807, 2.05) is 0 Å². The van der Waals surface area contributed by atoms with Gasteiger partial charge >= 0.3 is 0 Å². The van der Waals surface area contributed by atoms with Gasteiger partial charge in [-0.05, 0) is 112 Å². The van der Waals surface area contributed by atoms with Crippen LogP contribution in [-0.4, -0.2) is 169 Å². The third-order valence-corrected chi connectivity index (χ3v) is 17.7. The molecule has 8 rings (SSSR count). The molecule has 0 bridgehead atoms. The van der Waals surface area contributed by atoms with Crippen molar-refractivity contribution >= 4 is 5.78 Å². The molecule has 4 aliphatic carbocycles. The molecule has 8 fully saturated rings. The molecular formula is C45H74O17. The molecule has 4 aliphatic heterocycles. The van der Waals surface area contributed by atoms with Gasteiger partial charge in [0.05, 0.1) is 31.0 Å². The zero-order valence-electron chi connectivity index (χ0n) is 37.0. The minimum Gasteiger partial charge on any atom is -0.394 e. The summed E-state index contributed by atoms with van der Waals surface area (Å²) in [7, 11) is 0. The van der Waals surface area contributed by atoms with Gasteiger partial charge in [-0.2, -0.15) is 0 Å². The Hall–Kier alpha value is -0.970. The van der Waals surface area contributed by atoms with E-state index in [9.17, 15) is 50.8 Å². The highest BCUT2D eigenvalue weighted by atomic mass is 16.8. The summed E-state index contributed by atoms with van der Waals surface area (Å²) >= 11 is 0. The fourth-order valence-electron chi connectivity index (χ4n) is 13.8. The lowest BCUT2D eigenvalue weighted by Crippen LogP contribution is -2.64. The molecular weight excluding hydrogens is 812 g/mol. The Morgan fingerprint density at radius 2 is 1.24 bits per heavy atom. The van der Waals surface area contributed by atoms with Crippen LogP contribution in [0.3, 0.4) is 0 Å². The molecule has 9 N–H and O–H groups in total. The summed E-state index contributed by atoms with van der Waals surface area (Å²) in [6.45, 7) is 11.6. The minimum absolute atomic E-state index is 0.0229. The normalized spacial score (nSPS) is 56.4. The smallest absolute Gasteiger partial charge is 0.189 e. The second-order valence-electron chi connectivity index (χ2n) is 21.1. The quantitative estimate of drug-likeness (QED) is 0.143. The second-order valence-corrected chi connectivity index (χ2v) is 21.1. The zero-order chi connectivity index (χ0) is 44.7. The van der Waals surface area contributed by atoms with Crippen LogP contribution in [0.1, 0.15) is 106 Å². The Morgan fingerprint density at radius 1 is 0.629 bits per heavy atom. The van der Waals surface area contributed by atoms with Crippen molar-refractivity contribution in [1.82, 2.24) is 0 Å². The Kier molecular flexibility index (Phi) is 14.0. The van der Waals surface area contributed by atoms with Gasteiger partial charge in [0.1, 0.15) is 66.8 Å². The van der Waals surface area contributed by atoms with E-state index in [1.54, 1.807) is 6.92 Å². The monoisotopic (exact) mass is 886 g/mol. The number of ether oxygens (including phenoxy) is 7. The summed E-state index contributed by atoms with van der Waals surface area (Å²) in [5.41, 5.74) is -0.222. The van der Waals surface area contributed by atoms with E-state index in [0.717, 1.165) is 44.9 Å². The third kappa shape index (κ3) is 8.27. The highest BCUT2D eigenvalue weighted by molar-refractivity contribution is 5.83. The number of aliphatic hydroxyl groups is 9. The Bertz CT molecular complexity index is 1560. The van der Waals surface area contributed by atoms with Gasteiger partial charge in [-0.15, -0.1) is 0 Å². The number of fused-ring (bicyclic) bond motifs is 5. The number of aliphatic hydroxyl groups excluding tert-OH is 9. The number of Topliss-reactive ketones (excluding diaryl/α,β-unsaturated/α-hetero) is 1. The van der Waals surface area contributed by atoms with Crippen LogP contribution in [0.2, 0.25) is 0 Å². The van der Waals surface area contributed by atoms with Crippen molar-refractivity contribution in [3.8, 4) is 0 Å². The van der Waals surface area contributed by atoms with Crippen LogP contribution in [0, 0.1) is 52.3 Å². The predicted molar refractivity (Wildman–Crippen MR) is 215 cm³/mol. The third-order valence-electron chi connectivity index (χ3n) is 17.7. The van der Waals surface area contributed by atoms with Crippen molar-refractivity contribution in [2.24, 2.45) is 52.3 Å². The van der Waals surface area contributed by atoms with Crippen molar-refractivity contribution in [2.75, 3.05) is 6.61 Å². The lowest BCUT2D eigenvalue weighted by Gasteiger charge is -2.61. The standard InChI is InChI=1S/C45H74O17/c1-18-7-10-29(59-40(18)62-42-38(55)35(52)32(49)21(4)57-42)19(2)24-8-9-25-23-16-28(47)27-15-22(11-13-45(27,6)26(23)12-14-44(24,25)5)58-43-39(36(53)33(50)30(17-46)60-43)61-41-37(54)34(51)31(48)20(3)56-41/h18-27,29-43,46,48-55H,7-17H2,1-6H3/t18-,19+,20+,21-,22+,23+,24-,25+,26+,27-,29+,30-,31+,32+,33+,34+,35+,36+,37-,38+,39-,40-,41+,42+,43+,44-,45-/m1/s1. The molecule has 4 saturated heterocycles. The van der Waals surface area contributed by atoms with Gasteiger partial charge < -0.3 is 79.1 Å². The molecule has 0 radical (unpaired) electrons. The average Bonchev–Trinajstić information content (AvgIpc) is 3.60. The maximum Gasteiger partial charge on any atom is 0.189 e. The van der Waals surface area contributed by atoms with Crippen molar-refractivity contribution < 1.29 is 83.9 Å². The molecule has 356 valence electrons. The molecule has 17 heteroatoms. The Morgan fingerprint density at radius 3 is 1.89 bits per heavy atom.